The van der Waals surface area contributed by atoms with Gasteiger partial charge in [0.05, 0.1) is 108 Å². The number of aryl methyl sites for hydroxylation is 2. The molecule has 3 aliphatic heterocycles. The molecule has 0 spiro atoms. The summed E-state index contributed by atoms with van der Waals surface area (Å²) in [6.07, 6.45) is 9.23. The van der Waals surface area contributed by atoms with E-state index in [4.69, 9.17) is 66.8 Å². The smallest absolute Gasteiger partial charge is 0.203 e. The predicted octanol–water partition coefficient (Wildman–Crippen LogP) is 10.9. The van der Waals surface area contributed by atoms with Crippen LogP contribution < -0.4 is 56.8 Å². The molecule has 0 unspecified atom stereocenters. The summed E-state index contributed by atoms with van der Waals surface area (Å²) >= 11 is 0. The van der Waals surface area contributed by atoms with Crippen molar-refractivity contribution in [2.75, 3.05) is 85.3 Å². The van der Waals surface area contributed by atoms with E-state index in [0.29, 0.717) is 105 Å². The van der Waals surface area contributed by atoms with Crippen LogP contribution in [0.5, 0.6) is 69.0 Å². The van der Waals surface area contributed by atoms with Crippen LogP contribution in [0.3, 0.4) is 0 Å². The van der Waals surface area contributed by atoms with Gasteiger partial charge in [-0.2, -0.15) is 0 Å². The lowest BCUT2D eigenvalue weighted by atomic mass is 9.98. The van der Waals surface area contributed by atoms with Crippen LogP contribution in [0.2, 0.25) is 0 Å². The molecule has 3 aliphatic rings. The van der Waals surface area contributed by atoms with Crippen molar-refractivity contribution in [3.63, 3.8) is 0 Å². The first-order valence-corrected chi connectivity index (χ1v) is 22.8. The number of fused-ring (bicyclic) bond motifs is 8. The fraction of sp³-hybridized carbons (Fsp3) is 0.250. The molecule has 372 valence electrons. The van der Waals surface area contributed by atoms with E-state index < -0.39 is 0 Å². The van der Waals surface area contributed by atoms with Gasteiger partial charge in [0.2, 0.25) is 23.0 Å². The summed E-state index contributed by atoms with van der Waals surface area (Å²) in [5.41, 5.74) is 12.1. The minimum Gasteiger partial charge on any atom is -0.493 e. The van der Waals surface area contributed by atoms with Crippen LogP contribution in [0, 0.1) is 0 Å². The maximum absolute atomic E-state index is 5.92. The number of benzene rings is 4. The SMILES string of the molecule is COc1cc(-c2c3nc(c(-c4cc(OC)c(OC)c(OC)c4)c4ccc([nH]4)c(-c4cc(OC)c(OC)c(OC)c4)c4nc(c(-c5cc(OC)c(OC)c(OC)c5)c5[nH]c2CC5)C=C4)C=C3)cc(OC)c1OC. The van der Waals surface area contributed by atoms with E-state index in [9.17, 15) is 0 Å². The van der Waals surface area contributed by atoms with Crippen LogP contribution in [-0.2, 0) is 12.8 Å². The van der Waals surface area contributed by atoms with E-state index in [1.165, 1.54) is 0 Å². The zero-order valence-corrected chi connectivity index (χ0v) is 42.3. The molecule has 4 aromatic carbocycles. The Bertz CT molecular complexity index is 3050. The van der Waals surface area contributed by atoms with Crippen LogP contribution in [0.4, 0.5) is 0 Å². The Morgan fingerprint density at radius 1 is 0.306 bits per heavy atom. The third-order valence-electron chi connectivity index (χ3n) is 12.9. The van der Waals surface area contributed by atoms with Gasteiger partial charge >= 0.3 is 0 Å². The number of methoxy groups -OCH3 is 12. The number of nitrogens with zero attached hydrogens (tertiary/aromatic N) is 2. The molecule has 2 N–H and O–H groups in total. The predicted molar refractivity (Wildman–Crippen MR) is 278 cm³/mol. The summed E-state index contributed by atoms with van der Waals surface area (Å²) in [5, 5.41) is 0. The first-order valence-electron chi connectivity index (χ1n) is 22.8. The van der Waals surface area contributed by atoms with Gasteiger partial charge in [-0.1, -0.05) is 0 Å². The highest BCUT2D eigenvalue weighted by Gasteiger charge is 2.27. The second-order valence-corrected chi connectivity index (χ2v) is 16.5. The summed E-state index contributed by atoms with van der Waals surface area (Å²) < 4.78 is 70.4. The Morgan fingerprint density at radius 3 is 0.778 bits per heavy atom. The fourth-order valence-electron chi connectivity index (χ4n) is 9.64. The molecule has 0 fully saturated rings. The maximum Gasteiger partial charge on any atom is 0.203 e. The van der Waals surface area contributed by atoms with E-state index in [1.54, 1.807) is 85.3 Å². The van der Waals surface area contributed by atoms with Gasteiger partial charge in [-0.15, -0.1) is 0 Å². The number of hydrogen-bond donors (Lipinski definition) is 2. The molecule has 0 amide bonds. The number of aromatic nitrogens is 4. The van der Waals surface area contributed by atoms with E-state index in [-0.39, 0.29) is 0 Å². The quantitative estimate of drug-likeness (QED) is 0.0938. The molecule has 0 radical (unpaired) electrons. The van der Waals surface area contributed by atoms with E-state index in [0.717, 1.165) is 66.9 Å². The summed E-state index contributed by atoms with van der Waals surface area (Å²) in [5.74, 6) is 5.67. The average Bonchev–Trinajstić information content (AvgIpc) is 4.28. The summed E-state index contributed by atoms with van der Waals surface area (Å²) in [6, 6.07) is 19.4. The Labute approximate surface area is 417 Å². The molecular formula is C56H56N4O12. The van der Waals surface area contributed by atoms with Gasteiger partial charge in [0.1, 0.15) is 0 Å². The molecule has 9 rings (SSSR count). The summed E-state index contributed by atoms with van der Waals surface area (Å²) in [6.45, 7) is 0. The van der Waals surface area contributed by atoms with Crippen LogP contribution in [0.15, 0.2) is 60.7 Å². The van der Waals surface area contributed by atoms with Gasteiger partial charge in [-0.3, -0.25) is 0 Å². The number of ether oxygens (including phenoxy) is 12. The maximum atomic E-state index is 5.92. The molecule has 0 saturated heterocycles. The molecule has 72 heavy (non-hydrogen) atoms. The van der Waals surface area contributed by atoms with Crippen molar-refractivity contribution < 1.29 is 56.8 Å². The molecular weight excluding hydrogens is 921 g/mol. The van der Waals surface area contributed by atoms with E-state index in [1.807, 2.05) is 85.0 Å². The molecule has 16 heteroatoms. The average molecular weight is 977 g/mol. The van der Waals surface area contributed by atoms with Crippen molar-refractivity contribution >= 4 is 35.3 Å². The summed E-state index contributed by atoms with van der Waals surface area (Å²) in [7, 11) is 19.1. The monoisotopic (exact) mass is 976 g/mol. The molecule has 6 aromatic rings. The van der Waals surface area contributed by atoms with Gasteiger partial charge in [0.25, 0.3) is 0 Å². The van der Waals surface area contributed by atoms with Crippen molar-refractivity contribution in [3.8, 4) is 114 Å². The normalized spacial score (nSPS) is 11.9. The standard InChI is InChI=1S/C56H56N4O12/c1-61-41-21-29(22-42(62-2)53(41)69-9)49-33-13-15-35(57-33)50(30-23-43(63-3)54(70-10)44(24-30)64-4)37-17-19-39(59-37)52(32-27-47(67-7)56(72-12)48(28-32)68-8)40-20-18-38(60-40)51(36-16-14-34(49)58-36)31-25-45(65-5)55(71-11)46(26-31)66-6/h13-17,19,21-28,57,60H,18,20H2,1-12H3. The van der Waals surface area contributed by atoms with Crippen LogP contribution in [0.1, 0.15) is 34.2 Å². The van der Waals surface area contributed by atoms with Crippen molar-refractivity contribution in [2.24, 2.45) is 0 Å². The number of H-pyrrole nitrogens is 2. The van der Waals surface area contributed by atoms with Crippen molar-refractivity contribution in [1.82, 2.24) is 19.9 Å². The molecule has 5 heterocycles. The number of aromatic amines is 2. The zero-order valence-electron chi connectivity index (χ0n) is 42.3. The van der Waals surface area contributed by atoms with Crippen LogP contribution >= 0.6 is 0 Å². The molecule has 8 bridgehead atoms. The molecule has 0 atom stereocenters. The van der Waals surface area contributed by atoms with Crippen molar-refractivity contribution in [1.29, 1.82) is 0 Å². The van der Waals surface area contributed by atoms with Gasteiger partial charge in [0.15, 0.2) is 46.0 Å². The first kappa shape index (κ1) is 48.4. The van der Waals surface area contributed by atoms with Crippen LogP contribution in [-0.4, -0.2) is 105 Å². The molecule has 0 aliphatic carbocycles. The fourth-order valence-corrected chi connectivity index (χ4v) is 9.64. The third-order valence-corrected chi connectivity index (χ3v) is 12.9. The Balaban J connectivity index is 1.51. The van der Waals surface area contributed by atoms with Crippen molar-refractivity contribution in [3.05, 3.63) is 94.8 Å². The van der Waals surface area contributed by atoms with Crippen LogP contribution in [0.25, 0.3) is 79.8 Å². The lowest BCUT2D eigenvalue weighted by molar-refractivity contribution is 0.324. The highest BCUT2D eigenvalue weighted by molar-refractivity contribution is 5.98. The minimum atomic E-state index is 0.452. The topological polar surface area (TPSA) is 168 Å². The second-order valence-electron chi connectivity index (χ2n) is 16.5. The lowest BCUT2D eigenvalue weighted by Crippen LogP contribution is -1.98. The second kappa shape index (κ2) is 20.4. The first-order chi connectivity index (χ1) is 35.1. The lowest BCUT2D eigenvalue weighted by Gasteiger charge is -2.16. The van der Waals surface area contributed by atoms with Gasteiger partial charge in [-0.05, 0) is 120 Å². The minimum absolute atomic E-state index is 0.452. The number of nitrogens with one attached hydrogen (secondary N) is 2. The molecule has 16 nitrogen and oxygen atoms in total. The zero-order chi connectivity index (χ0) is 50.8. The van der Waals surface area contributed by atoms with Gasteiger partial charge in [-0.25, -0.2) is 9.97 Å². The van der Waals surface area contributed by atoms with Crippen molar-refractivity contribution in [2.45, 2.75) is 12.8 Å². The Hall–Kier alpha value is -8.66. The third kappa shape index (κ3) is 8.37. The highest BCUT2D eigenvalue weighted by atomic mass is 16.5. The molecule has 0 saturated carbocycles. The van der Waals surface area contributed by atoms with Gasteiger partial charge in [0, 0.05) is 44.7 Å². The number of rotatable bonds is 16. The molecule has 2 aromatic heterocycles. The highest BCUT2D eigenvalue weighted by Crippen LogP contribution is 2.49. The summed E-state index contributed by atoms with van der Waals surface area (Å²) in [4.78, 5) is 18.7. The number of hydrogen-bond acceptors (Lipinski definition) is 14. The largest absolute Gasteiger partial charge is 0.493 e. The Kier molecular flexibility index (Phi) is 13.7. The van der Waals surface area contributed by atoms with E-state index in [2.05, 4.69) is 9.97 Å². The Morgan fingerprint density at radius 2 is 0.542 bits per heavy atom. The van der Waals surface area contributed by atoms with Gasteiger partial charge < -0.3 is 66.8 Å². The van der Waals surface area contributed by atoms with E-state index >= 15 is 0 Å².